The molecule has 0 spiro atoms. The van der Waals surface area contributed by atoms with Crippen LogP contribution in [-0.4, -0.2) is 60.3 Å². The average molecular weight is 513 g/mol. The molecule has 0 radical (unpaired) electrons. The number of ether oxygens (including phenoxy) is 2. The lowest BCUT2D eigenvalue weighted by molar-refractivity contribution is 0.184. The quantitative estimate of drug-likeness (QED) is 0.365. The Balaban J connectivity index is 0.00000300. The summed E-state index contributed by atoms with van der Waals surface area (Å²) in [5.74, 6) is 3.12. The van der Waals surface area contributed by atoms with Gasteiger partial charge in [-0.2, -0.15) is 0 Å². The number of piperidine rings is 1. The fourth-order valence-electron chi connectivity index (χ4n) is 3.61. The van der Waals surface area contributed by atoms with E-state index in [1.165, 1.54) is 0 Å². The van der Waals surface area contributed by atoms with Crippen LogP contribution >= 0.6 is 24.0 Å². The van der Waals surface area contributed by atoms with Gasteiger partial charge in [0.2, 0.25) is 0 Å². The van der Waals surface area contributed by atoms with Gasteiger partial charge in [-0.05, 0) is 31.4 Å². The van der Waals surface area contributed by atoms with Crippen molar-refractivity contribution in [2.24, 2.45) is 10.9 Å². The molecule has 0 saturated carbocycles. The number of aliphatic imine (C=N–C) groups is 1. The van der Waals surface area contributed by atoms with E-state index in [0.717, 1.165) is 37.0 Å². The average Bonchev–Trinajstić information content (AvgIpc) is 3.24. The summed E-state index contributed by atoms with van der Waals surface area (Å²) >= 11 is 0. The van der Waals surface area contributed by atoms with E-state index < -0.39 is 0 Å². The van der Waals surface area contributed by atoms with Crippen molar-refractivity contribution in [3.63, 3.8) is 0 Å². The van der Waals surface area contributed by atoms with Gasteiger partial charge in [-0.3, -0.25) is 4.99 Å². The zero-order chi connectivity index (χ0) is 19.9. The molecular formula is C21H32IN5O2. The van der Waals surface area contributed by atoms with Crippen LogP contribution in [0.4, 0.5) is 0 Å². The number of likely N-dealkylation sites (tertiary alicyclic amines) is 1. The van der Waals surface area contributed by atoms with Gasteiger partial charge in [0.15, 0.2) is 5.96 Å². The zero-order valence-electron chi connectivity index (χ0n) is 17.6. The van der Waals surface area contributed by atoms with Crippen molar-refractivity contribution in [1.29, 1.82) is 0 Å². The molecule has 1 aliphatic heterocycles. The van der Waals surface area contributed by atoms with Crippen molar-refractivity contribution >= 4 is 29.9 Å². The van der Waals surface area contributed by atoms with Crippen LogP contribution in [0.1, 0.15) is 26.3 Å². The predicted octanol–water partition coefficient (Wildman–Crippen LogP) is 3.44. The van der Waals surface area contributed by atoms with E-state index in [9.17, 15) is 0 Å². The molecule has 1 saturated heterocycles. The number of nitrogens with zero attached hydrogens (tertiary/aromatic N) is 4. The van der Waals surface area contributed by atoms with Crippen LogP contribution in [0.3, 0.4) is 0 Å². The molecule has 3 atom stereocenters. The van der Waals surface area contributed by atoms with Gasteiger partial charge in [0.1, 0.15) is 17.6 Å². The van der Waals surface area contributed by atoms with Gasteiger partial charge in [0.25, 0.3) is 0 Å². The molecule has 0 aliphatic carbocycles. The first-order valence-corrected chi connectivity index (χ1v) is 9.84. The van der Waals surface area contributed by atoms with Crippen molar-refractivity contribution in [2.75, 3.05) is 33.8 Å². The number of hydrogen-bond acceptors (Lipinski definition) is 4. The van der Waals surface area contributed by atoms with Gasteiger partial charge in [-0.15, -0.1) is 24.0 Å². The summed E-state index contributed by atoms with van der Waals surface area (Å²) in [4.78, 5) is 11.0. The summed E-state index contributed by atoms with van der Waals surface area (Å²) in [7, 11) is 3.49. The molecular weight excluding hydrogens is 481 g/mol. The molecule has 1 N–H and O–H groups in total. The second-order valence-corrected chi connectivity index (χ2v) is 7.32. The number of nitrogens with one attached hydrogen (secondary N) is 1. The highest BCUT2D eigenvalue weighted by molar-refractivity contribution is 14.0. The van der Waals surface area contributed by atoms with Gasteiger partial charge >= 0.3 is 0 Å². The lowest BCUT2D eigenvalue weighted by atomic mass is 9.93. The molecule has 29 heavy (non-hydrogen) atoms. The summed E-state index contributed by atoms with van der Waals surface area (Å²) in [6, 6.07) is 8.08. The number of rotatable bonds is 6. The van der Waals surface area contributed by atoms with Crippen molar-refractivity contribution in [2.45, 2.75) is 32.4 Å². The largest absolute Gasteiger partial charge is 0.497 e. The molecule has 160 valence electrons. The van der Waals surface area contributed by atoms with Gasteiger partial charge in [0.05, 0.1) is 26.0 Å². The Bertz CT molecular complexity index is 768. The molecule has 0 amide bonds. The Labute approximate surface area is 190 Å². The second kappa shape index (κ2) is 11.3. The summed E-state index contributed by atoms with van der Waals surface area (Å²) in [5.41, 5.74) is 0. The maximum Gasteiger partial charge on any atom is 0.193 e. The lowest BCUT2D eigenvalue weighted by Gasteiger charge is -2.39. The number of aromatic nitrogens is 2. The molecule has 1 aromatic carbocycles. The summed E-state index contributed by atoms with van der Waals surface area (Å²) in [6.07, 6.45) is 6.92. The summed E-state index contributed by atoms with van der Waals surface area (Å²) in [6.45, 7) is 6.94. The smallest absolute Gasteiger partial charge is 0.193 e. The van der Waals surface area contributed by atoms with Gasteiger partial charge in [0, 0.05) is 38.6 Å². The lowest BCUT2D eigenvalue weighted by Crippen LogP contribution is -2.50. The maximum atomic E-state index is 6.01. The SMILES string of the molecule is CN=C(NCC(C)Oc1cccc(OC)c1)N1CCC(C)C(n2ccnc2)C1.I. The van der Waals surface area contributed by atoms with Crippen LogP contribution < -0.4 is 14.8 Å². The van der Waals surface area contributed by atoms with Crippen LogP contribution in [0.2, 0.25) is 0 Å². The molecule has 3 unspecified atom stereocenters. The number of imidazole rings is 1. The Morgan fingerprint density at radius 3 is 2.86 bits per heavy atom. The fourth-order valence-corrected chi connectivity index (χ4v) is 3.61. The van der Waals surface area contributed by atoms with Gasteiger partial charge in [-0.25, -0.2) is 4.98 Å². The van der Waals surface area contributed by atoms with E-state index in [-0.39, 0.29) is 30.1 Å². The van der Waals surface area contributed by atoms with Crippen LogP contribution in [0.5, 0.6) is 11.5 Å². The molecule has 1 fully saturated rings. The molecule has 7 nitrogen and oxygen atoms in total. The number of methoxy groups -OCH3 is 1. The molecule has 2 heterocycles. The minimum Gasteiger partial charge on any atom is -0.497 e. The monoisotopic (exact) mass is 513 g/mol. The van der Waals surface area contributed by atoms with Crippen LogP contribution in [0.15, 0.2) is 48.0 Å². The van der Waals surface area contributed by atoms with E-state index >= 15 is 0 Å². The minimum absolute atomic E-state index is 0. The molecule has 2 aromatic rings. The van der Waals surface area contributed by atoms with Crippen molar-refractivity contribution in [1.82, 2.24) is 19.8 Å². The Morgan fingerprint density at radius 1 is 1.38 bits per heavy atom. The maximum absolute atomic E-state index is 6.01. The summed E-state index contributed by atoms with van der Waals surface area (Å²) < 4.78 is 13.5. The Morgan fingerprint density at radius 2 is 2.17 bits per heavy atom. The molecule has 1 aromatic heterocycles. The van der Waals surface area contributed by atoms with E-state index in [2.05, 4.69) is 31.7 Å². The van der Waals surface area contributed by atoms with Gasteiger partial charge in [-0.1, -0.05) is 13.0 Å². The molecule has 0 bridgehead atoms. The van der Waals surface area contributed by atoms with Crippen LogP contribution in [0, 0.1) is 5.92 Å². The van der Waals surface area contributed by atoms with E-state index in [1.807, 2.05) is 57.0 Å². The van der Waals surface area contributed by atoms with E-state index in [4.69, 9.17) is 9.47 Å². The van der Waals surface area contributed by atoms with E-state index in [0.29, 0.717) is 18.5 Å². The normalized spacial score (nSPS) is 20.6. The number of hydrogen-bond donors (Lipinski definition) is 1. The first kappa shape index (κ1) is 23.3. The third-order valence-corrected chi connectivity index (χ3v) is 5.26. The molecule has 1 aliphatic rings. The Hall–Kier alpha value is -1.97. The van der Waals surface area contributed by atoms with Gasteiger partial charge < -0.3 is 24.3 Å². The minimum atomic E-state index is -0.00276. The topological polar surface area (TPSA) is 63.9 Å². The van der Waals surface area contributed by atoms with Crippen molar-refractivity contribution in [3.8, 4) is 11.5 Å². The van der Waals surface area contributed by atoms with Crippen LogP contribution in [-0.2, 0) is 0 Å². The highest BCUT2D eigenvalue weighted by atomic mass is 127. The second-order valence-electron chi connectivity index (χ2n) is 7.32. The first-order chi connectivity index (χ1) is 13.6. The number of guanidine groups is 1. The van der Waals surface area contributed by atoms with Crippen molar-refractivity contribution < 1.29 is 9.47 Å². The number of halogens is 1. The summed E-state index contributed by atoms with van der Waals surface area (Å²) in [5, 5.41) is 3.46. The standard InChI is InChI=1S/C21H31N5O2.HI/c1-16-8-10-25(14-20(16)26-11-9-23-15-26)21(22-3)24-13-17(2)28-19-7-5-6-18(12-19)27-4;/h5-7,9,11-12,15-17,20H,8,10,13-14H2,1-4H3,(H,22,24);1H. The Kier molecular flexibility index (Phi) is 9.06. The third kappa shape index (κ3) is 6.25. The van der Waals surface area contributed by atoms with Crippen molar-refractivity contribution in [3.05, 3.63) is 43.0 Å². The predicted molar refractivity (Wildman–Crippen MR) is 126 cm³/mol. The molecule has 8 heteroatoms. The zero-order valence-corrected chi connectivity index (χ0v) is 19.9. The fraction of sp³-hybridized carbons (Fsp3) is 0.524. The highest BCUT2D eigenvalue weighted by Gasteiger charge is 2.29. The molecule has 3 rings (SSSR count). The van der Waals surface area contributed by atoms with E-state index in [1.54, 1.807) is 7.11 Å². The van der Waals surface area contributed by atoms with Crippen LogP contribution in [0.25, 0.3) is 0 Å². The highest BCUT2D eigenvalue weighted by Crippen LogP contribution is 2.27. The number of benzene rings is 1. The first-order valence-electron chi connectivity index (χ1n) is 9.84. The third-order valence-electron chi connectivity index (χ3n) is 5.26.